The van der Waals surface area contributed by atoms with Crippen molar-refractivity contribution in [3.05, 3.63) is 200 Å². The Morgan fingerprint density at radius 2 is 0.800 bits per heavy atom. The summed E-state index contributed by atoms with van der Waals surface area (Å²) in [5, 5.41) is 2.27. The maximum absolute atomic E-state index is 6.61. The number of fused-ring (bicyclic) bond motifs is 3. The molecule has 2 heteroatoms. The Bertz CT molecular complexity index is 2550. The molecule has 0 unspecified atom stereocenters. The van der Waals surface area contributed by atoms with Crippen LogP contribution in [0, 0.1) is 0 Å². The lowest BCUT2D eigenvalue weighted by Crippen LogP contribution is -2.10. The normalized spacial score (nSPS) is 11.2. The summed E-state index contributed by atoms with van der Waals surface area (Å²) in [6.45, 7) is 0. The number of hydrogen-bond acceptors (Lipinski definition) is 2. The number of hydrogen-bond donors (Lipinski definition) is 0. The molecule has 0 bridgehead atoms. The van der Waals surface area contributed by atoms with Crippen LogP contribution in [0.1, 0.15) is 0 Å². The van der Waals surface area contributed by atoms with Gasteiger partial charge in [-0.2, -0.15) is 0 Å². The molecule has 1 heterocycles. The number of benzene rings is 8. The summed E-state index contributed by atoms with van der Waals surface area (Å²) in [6, 6.07) is 70.9. The van der Waals surface area contributed by atoms with Crippen molar-refractivity contribution in [2.45, 2.75) is 0 Å². The van der Waals surface area contributed by atoms with Gasteiger partial charge in [0.15, 0.2) is 0 Å². The van der Waals surface area contributed by atoms with Crippen molar-refractivity contribution < 1.29 is 4.42 Å². The van der Waals surface area contributed by atoms with Crippen molar-refractivity contribution in [2.24, 2.45) is 0 Å². The minimum absolute atomic E-state index is 0.896. The van der Waals surface area contributed by atoms with Gasteiger partial charge in [0, 0.05) is 33.4 Å². The van der Waals surface area contributed by atoms with Crippen molar-refractivity contribution in [2.75, 3.05) is 4.90 Å². The average molecular weight is 640 g/mol. The van der Waals surface area contributed by atoms with Crippen LogP contribution in [0.5, 0.6) is 0 Å². The smallest absolute Gasteiger partial charge is 0.143 e. The van der Waals surface area contributed by atoms with Gasteiger partial charge in [-0.15, -0.1) is 0 Å². The fourth-order valence-corrected chi connectivity index (χ4v) is 7.04. The molecule has 50 heavy (non-hydrogen) atoms. The Morgan fingerprint density at radius 3 is 1.46 bits per heavy atom. The number of anilines is 3. The molecule has 0 aliphatic heterocycles. The van der Waals surface area contributed by atoms with Crippen LogP contribution in [-0.4, -0.2) is 0 Å². The van der Waals surface area contributed by atoms with Crippen LogP contribution in [0.25, 0.3) is 66.4 Å². The SMILES string of the molecule is c1ccc(-c2ccc(N(c3ccc(-c4ccc(-c5ccccc5)c5c4oc4ccccc45)cc3)c3cccc(-c4ccccc4)c3)cc2)cc1. The van der Waals surface area contributed by atoms with E-state index in [1.54, 1.807) is 0 Å². The lowest BCUT2D eigenvalue weighted by molar-refractivity contribution is 0.670. The molecule has 9 aromatic rings. The predicted octanol–water partition coefficient (Wildman–Crippen LogP) is 13.7. The highest BCUT2D eigenvalue weighted by Crippen LogP contribution is 2.43. The van der Waals surface area contributed by atoms with Gasteiger partial charge in [-0.25, -0.2) is 0 Å². The van der Waals surface area contributed by atoms with Crippen molar-refractivity contribution in [1.82, 2.24) is 0 Å². The highest BCUT2D eigenvalue weighted by atomic mass is 16.3. The molecule has 0 saturated heterocycles. The van der Waals surface area contributed by atoms with Crippen LogP contribution in [0.4, 0.5) is 17.1 Å². The van der Waals surface area contributed by atoms with Crippen molar-refractivity contribution >= 4 is 39.0 Å². The van der Waals surface area contributed by atoms with Gasteiger partial charge in [-0.05, 0) is 87.5 Å². The zero-order valence-corrected chi connectivity index (χ0v) is 27.4. The lowest BCUT2D eigenvalue weighted by atomic mass is 9.94. The minimum atomic E-state index is 0.896. The van der Waals surface area contributed by atoms with E-state index in [1.165, 1.54) is 33.4 Å². The highest BCUT2D eigenvalue weighted by Gasteiger charge is 2.18. The van der Waals surface area contributed by atoms with Crippen molar-refractivity contribution in [1.29, 1.82) is 0 Å². The maximum atomic E-state index is 6.61. The number of furan rings is 1. The summed E-state index contributed by atoms with van der Waals surface area (Å²) in [5.74, 6) is 0. The molecule has 0 aliphatic rings. The molecule has 0 amide bonds. The van der Waals surface area contributed by atoms with Crippen LogP contribution < -0.4 is 4.90 Å². The van der Waals surface area contributed by atoms with E-state index in [0.29, 0.717) is 0 Å². The van der Waals surface area contributed by atoms with E-state index in [4.69, 9.17) is 4.42 Å². The summed E-state index contributed by atoms with van der Waals surface area (Å²) in [5.41, 5.74) is 14.4. The second-order valence-electron chi connectivity index (χ2n) is 12.5. The van der Waals surface area contributed by atoms with E-state index in [1.807, 2.05) is 6.07 Å². The molecule has 9 rings (SSSR count). The highest BCUT2D eigenvalue weighted by molar-refractivity contribution is 6.16. The largest absolute Gasteiger partial charge is 0.455 e. The van der Waals surface area contributed by atoms with Gasteiger partial charge in [-0.1, -0.05) is 152 Å². The Kier molecular flexibility index (Phi) is 7.53. The monoisotopic (exact) mass is 639 g/mol. The fraction of sp³-hybridized carbons (Fsp3) is 0. The molecule has 0 aliphatic carbocycles. The summed E-state index contributed by atoms with van der Waals surface area (Å²) >= 11 is 0. The van der Waals surface area contributed by atoms with Gasteiger partial charge in [0.1, 0.15) is 11.2 Å². The Balaban J connectivity index is 1.15. The molecule has 0 atom stereocenters. The number of rotatable bonds is 7. The van der Waals surface area contributed by atoms with Gasteiger partial charge >= 0.3 is 0 Å². The molecule has 8 aromatic carbocycles. The Hall–Kier alpha value is -6.64. The molecule has 1 aromatic heterocycles. The minimum Gasteiger partial charge on any atom is -0.455 e. The maximum Gasteiger partial charge on any atom is 0.143 e. The van der Waals surface area contributed by atoms with Crippen LogP contribution in [0.3, 0.4) is 0 Å². The lowest BCUT2D eigenvalue weighted by Gasteiger charge is -2.26. The predicted molar refractivity (Wildman–Crippen MR) is 210 cm³/mol. The van der Waals surface area contributed by atoms with Crippen LogP contribution in [-0.2, 0) is 0 Å². The molecule has 0 fully saturated rings. The quantitative estimate of drug-likeness (QED) is 0.173. The molecule has 0 radical (unpaired) electrons. The average Bonchev–Trinajstić information content (AvgIpc) is 3.59. The van der Waals surface area contributed by atoms with Gasteiger partial charge in [0.05, 0.1) is 0 Å². The molecular formula is C48H33NO. The molecule has 2 nitrogen and oxygen atoms in total. The van der Waals surface area contributed by atoms with E-state index in [2.05, 4.69) is 199 Å². The first-order chi connectivity index (χ1) is 24.8. The number of para-hydroxylation sites is 1. The molecule has 236 valence electrons. The number of nitrogens with zero attached hydrogens (tertiary/aromatic N) is 1. The summed E-state index contributed by atoms with van der Waals surface area (Å²) in [4.78, 5) is 2.33. The summed E-state index contributed by atoms with van der Waals surface area (Å²) < 4.78 is 6.61. The molecule has 0 N–H and O–H groups in total. The summed E-state index contributed by atoms with van der Waals surface area (Å²) in [7, 11) is 0. The second kappa shape index (κ2) is 12.8. The fourth-order valence-electron chi connectivity index (χ4n) is 7.04. The van der Waals surface area contributed by atoms with Gasteiger partial charge < -0.3 is 9.32 Å². The standard InChI is InChI=1S/C48H33NO/c1-4-13-34(14-5-1)36-23-27-40(28-24-36)49(42-20-12-19-39(33-42)35-15-6-2-7-16-35)41-29-25-38(26-30-41)44-32-31-43(37-17-8-3-9-18-37)47-45-21-10-11-22-46(45)50-48(44)47/h1-33H. The third-order valence-corrected chi connectivity index (χ3v) is 9.49. The van der Waals surface area contributed by atoms with Crippen molar-refractivity contribution in [3.8, 4) is 44.5 Å². The third-order valence-electron chi connectivity index (χ3n) is 9.49. The zero-order chi connectivity index (χ0) is 33.3. The summed E-state index contributed by atoms with van der Waals surface area (Å²) in [6.07, 6.45) is 0. The van der Waals surface area contributed by atoms with Gasteiger partial charge in [0.25, 0.3) is 0 Å². The van der Waals surface area contributed by atoms with E-state index in [0.717, 1.165) is 50.1 Å². The first-order valence-corrected chi connectivity index (χ1v) is 17.0. The van der Waals surface area contributed by atoms with E-state index in [-0.39, 0.29) is 0 Å². The van der Waals surface area contributed by atoms with Crippen molar-refractivity contribution in [3.63, 3.8) is 0 Å². The first-order valence-electron chi connectivity index (χ1n) is 17.0. The zero-order valence-electron chi connectivity index (χ0n) is 27.4. The van der Waals surface area contributed by atoms with Crippen LogP contribution >= 0.6 is 0 Å². The van der Waals surface area contributed by atoms with E-state index >= 15 is 0 Å². The van der Waals surface area contributed by atoms with E-state index < -0.39 is 0 Å². The van der Waals surface area contributed by atoms with Crippen LogP contribution in [0.15, 0.2) is 205 Å². The van der Waals surface area contributed by atoms with Crippen LogP contribution in [0.2, 0.25) is 0 Å². The first kappa shape index (κ1) is 29.5. The van der Waals surface area contributed by atoms with E-state index in [9.17, 15) is 0 Å². The van der Waals surface area contributed by atoms with Gasteiger partial charge in [0.2, 0.25) is 0 Å². The molecule has 0 spiro atoms. The third kappa shape index (κ3) is 5.43. The molecule has 0 saturated carbocycles. The Labute approximate surface area is 292 Å². The second-order valence-corrected chi connectivity index (χ2v) is 12.5. The topological polar surface area (TPSA) is 16.4 Å². The molecular weight excluding hydrogens is 607 g/mol. The Morgan fingerprint density at radius 1 is 0.320 bits per heavy atom. The van der Waals surface area contributed by atoms with Gasteiger partial charge in [-0.3, -0.25) is 0 Å².